The van der Waals surface area contributed by atoms with Crippen LogP contribution in [0, 0.1) is 6.92 Å². The van der Waals surface area contributed by atoms with Gasteiger partial charge in [0.2, 0.25) is 0 Å². The van der Waals surface area contributed by atoms with E-state index in [-0.39, 0.29) is 0 Å². The van der Waals surface area contributed by atoms with Crippen molar-refractivity contribution in [1.82, 2.24) is 15.6 Å². The number of benzene rings is 1. The minimum Gasteiger partial charge on any atom is -0.490 e. The Labute approximate surface area is 153 Å². The van der Waals surface area contributed by atoms with Crippen molar-refractivity contribution >= 4 is 17.3 Å². The van der Waals surface area contributed by atoms with Crippen molar-refractivity contribution in [2.24, 2.45) is 4.99 Å². The summed E-state index contributed by atoms with van der Waals surface area (Å²) in [4.78, 5) is 9.93. The zero-order valence-corrected chi connectivity index (χ0v) is 15.7. The topological polar surface area (TPSA) is 58.5 Å². The van der Waals surface area contributed by atoms with Crippen LogP contribution in [0.5, 0.6) is 5.75 Å². The van der Waals surface area contributed by atoms with Gasteiger partial charge in [0.05, 0.1) is 11.1 Å². The number of rotatable bonds is 7. The molecular weight excluding hydrogens is 332 g/mol. The van der Waals surface area contributed by atoms with Crippen LogP contribution in [0.4, 0.5) is 0 Å². The van der Waals surface area contributed by atoms with Gasteiger partial charge < -0.3 is 15.4 Å². The van der Waals surface area contributed by atoms with E-state index in [4.69, 9.17) is 4.74 Å². The van der Waals surface area contributed by atoms with Crippen molar-refractivity contribution in [3.05, 3.63) is 45.9 Å². The molecule has 1 aliphatic carbocycles. The molecule has 0 aliphatic heterocycles. The lowest BCUT2D eigenvalue weighted by Gasteiger charge is -2.27. The van der Waals surface area contributed by atoms with Crippen molar-refractivity contribution in [2.75, 3.05) is 13.6 Å². The van der Waals surface area contributed by atoms with Gasteiger partial charge in [0.1, 0.15) is 5.75 Å². The number of aliphatic imine (C=N–C) groups is 1. The molecule has 1 fully saturated rings. The van der Waals surface area contributed by atoms with Crippen LogP contribution in [0.3, 0.4) is 0 Å². The van der Waals surface area contributed by atoms with Gasteiger partial charge in [-0.05, 0) is 32.3 Å². The van der Waals surface area contributed by atoms with E-state index in [1.54, 1.807) is 18.4 Å². The molecule has 0 saturated heterocycles. The molecule has 1 heterocycles. The summed E-state index contributed by atoms with van der Waals surface area (Å²) in [5.74, 6) is 1.78. The summed E-state index contributed by atoms with van der Waals surface area (Å²) in [6, 6.07) is 8.23. The maximum absolute atomic E-state index is 6.08. The van der Waals surface area contributed by atoms with Gasteiger partial charge >= 0.3 is 0 Å². The third-order valence-electron chi connectivity index (χ3n) is 4.29. The first-order valence-corrected chi connectivity index (χ1v) is 9.66. The van der Waals surface area contributed by atoms with Crippen molar-refractivity contribution in [3.63, 3.8) is 0 Å². The summed E-state index contributed by atoms with van der Waals surface area (Å²) in [7, 11) is 1.79. The number of para-hydroxylation sites is 1. The van der Waals surface area contributed by atoms with E-state index >= 15 is 0 Å². The quantitative estimate of drug-likeness (QED) is 0.589. The van der Waals surface area contributed by atoms with Gasteiger partial charge in [-0.25, -0.2) is 4.98 Å². The molecule has 1 aromatic heterocycles. The third kappa shape index (κ3) is 5.19. The van der Waals surface area contributed by atoms with Gasteiger partial charge in [0.15, 0.2) is 5.96 Å². The lowest BCUT2D eigenvalue weighted by Crippen LogP contribution is -2.38. The number of aromatic nitrogens is 1. The van der Waals surface area contributed by atoms with Crippen LogP contribution >= 0.6 is 11.3 Å². The molecule has 1 aromatic carbocycles. The Morgan fingerprint density at radius 2 is 2.16 bits per heavy atom. The minimum absolute atomic E-state index is 0.389. The summed E-state index contributed by atoms with van der Waals surface area (Å²) in [6.07, 6.45) is 6.83. The SMILES string of the molecule is CN=C(NCCc1ncc(C)s1)NCc1ccccc1OC1CCC1. The first-order chi connectivity index (χ1) is 12.2. The number of guanidine groups is 1. The van der Waals surface area contributed by atoms with Gasteiger partial charge in [-0.1, -0.05) is 18.2 Å². The average molecular weight is 359 g/mol. The minimum atomic E-state index is 0.389. The standard InChI is InChI=1S/C19H26N4OS/c1-14-12-22-18(25-14)10-11-21-19(20-2)23-13-15-6-3-4-9-17(15)24-16-7-5-8-16/h3-4,6,9,12,16H,5,7-8,10-11,13H2,1-2H3,(H2,20,21,23). The zero-order chi connectivity index (χ0) is 17.5. The van der Waals surface area contributed by atoms with Crippen LogP contribution in [0.15, 0.2) is 35.5 Å². The largest absolute Gasteiger partial charge is 0.490 e. The highest BCUT2D eigenvalue weighted by atomic mass is 32.1. The van der Waals surface area contributed by atoms with Gasteiger partial charge in [-0.15, -0.1) is 11.3 Å². The third-order valence-corrected chi connectivity index (χ3v) is 5.26. The fourth-order valence-corrected chi connectivity index (χ4v) is 3.42. The molecule has 0 spiro atoms. The first-order valence-electron chi connectivity index (χ1n) is 8.85. The second-order valence-electron chi connectivity index (χ2n) is 6.25. The number of nitrogens with one attached hydrogen (secondary N) is 2. The molecule has 0 bridgehead atoms. The molecule has 1 aliphatic rings. The van der Waals surface area contributed by atoms with E-state index in [9.17, 15) is 0 Å². The molecule has 0 amide bonds. The number of thiazole rings is 1. The van der Waals surface area contributed by atoms with Crippen LogP contribution in [-0.4, -0.2) is 30.6 Å². The van der Waals surface area contributed by atoms with E-state index in [1.165, 1.54) is 24.1 Å². The number of nitrogens with zero attached hydrogens (tertiary/aromatic N) is 2. The van der Waals surface area contributed by atoms with Crippen molar-refractivity contribution in [3.8, 4) is 5.75 Å². The predicted octanol–water partition coefficient (Wildman–Crippen LogP) is 3.29. The average Bonchev–Trinajstić information content (AvgIpc) is 3.00. The molecule has 0 radical (unpaired) electrons. The molecule has 0 atom stereocenters. The van der Waals surface area contributed by atoms with Crippen LogP contribution in [0.1, 0.15) is 34.7 Å². The van der Waals surface area contributed by atoms with E-state index < -0.39 is 0 Å². The second-order valence-corrected chi connectivity index (χ2v) is 7.57. The smallest absolute Gasteiger partial charge is 0.191 e. The molecule has 3 rings (SSSR count). The Morgan fingerprint density at radius 1 is 1.32 bits per heavy atom. The summed E-state index contributed by atoms with van der Waals surface area (Å²) in [5.41, 5.74) is 1.16. The number of aryl methyl sites for hydroxylation is 1. The fraction of sp³-hybridized carbons (Fsp3) is 0.474. The van der Waals surface area contributed by atoms with E-state index in [1.807, 2.05) is 18.3 Å². The lowest BCUT2D eigenvalue weighted by molar-refractivity contribution is 0.119. The molecule has 134 valence electrons. The van der Waals surface area contributed by atoms with Crippen LogP contribution < -0.4 is 15.4 Å². The maximum atomic E-state index is 6.08. The summed E-state index contributed by atoms with van der Waals surface area (Å²) in [6.45, 7) is 3.59. The van der Waals surface area contributed by atoms with Gasteiger partial charge in [-0.3, -0.25) is 4.99 Å². The second kappa shape index (κ2) is 8.85. The highest BCUT2D eigenvalue weighted by molar-refractivity contribution is 7.11. The van der Waals surface area contributed by atoms with Gasteiger partial charge in [0.25, 0.3) is 0 Å². The molecule has 2 N–H and O–H groups in total. The van der Waals surface area contributed by atoms with Crippen LogP contribution in [0.2, 0.25) is 0 Å². The van der Waals surface area contributed by atoms with E-state index in [0.29, 0.717) is 12.6 Å². The first kappa shape index (κ1) is 17.7. The molecule has 5 nitrogen and oxygen atoms in total. The summed E-state index contributed by atoms with van der Waals surface area (Å²) >= 11 is 1.74. The molecule has 6 heteroatoms. The normalized spacial score (nSPS) is 14.9. The maximum Gasteiger partial charge on any atom is 0.191 e. The Hall–Kier alpha value is -2.08. The van der Waals surface area contributed by atoms with Crippen molar-refractivity contribution < 1.29 is 4.74 Å². The van der Waals surface area contributed by atoms with Crippen molar-refractivity contribution in [1.29, 1.82) is 0 Å². The summed E-state index contributed by atoms with van der Waals surface area (Å²) < 4.78 is 6.08. The van der Waals surface area contributed by atoms with Gasteiger partial charge in [-0.2, -0.15) is 0 Å². The monoisotopic (exact) mass is 358 g/mol. The number of hydrogen-bond acceptors (Lipinski definition) is 4. The van der Waals surface area contributed by atoms with Crippen molar-refractivity contribution in [2.45, 2.75) is 45.3 Å². The number of ether oxygens (including phenoxy) is 1. The highest BCUT2D eigenvalue weighted by Gasteiger charge is 2.20. The number of hydrogen-bond donors (Lipinski definition) is 2. The van der Waals surface area contributed by atoms with E-state index in [2.05, 4.69) is 39.7 Å². The predicted molar refractivity (Wildman–Crippen MR) is 103 cm³/mol. The Kier molecular flexibility index (Phi) is 6.28. The van der Waals surface area contributed by atoms with Crippen LogP contribution in [-0.2, 0) is 13.0 Å². The Balaban J connectivity index is 1.47. The molecular formula is C19H26N4OS. The van der Waals surface area contributed by atoms with Crippen LogP contribution in [0.25, 0.3) is 0 Å². The highest BCUT2D eigenvalue weighted by Crippen LogP contribution is 2.27. The molecule has 2 aromatic rings. The van der Waals surface area contributed by atoms with E-state index in [0.717, 1.165) is 35.2 Å². The molecule has 0 unspecified atom stereocenters. The van der Waals surface area contributed by atoms with Gasteiger partial charge in [0, 0.05) is 43.2 Å². The summed E-state index contributed by atoms with van der Waals surface area (Å²) in [5, 5.41) is 7.87. The Bertz CT molecular complexity index is 709. The fourth-order valence-electron chi connectivity index (χ4n) is 2.64. The zero-order valence-electron chi connectivity index (χ0n) is 14.9. The molecule has 1 saturated carbocycles. The molecule has 25 heavy (non-hydrogen) atoms. The Morgan fingerprint density at radius 3 is 2.84 bits per heavy atom. The lowest BCUT2D eigenvalue weighted by atomic mass is 9.96.